The summed E-state index contributed by atoms with van der Waals surface area (Å²) in [5.41, 5.74) is 1.85. The van der Waals surface area contributed by atoms with E-state index in [1.54, 1.807) is 42.5 Å². The molecule has 2 aliphatic rings. The van der Waals surface area contributed by atoms with Gasteiger partial charge in [-0.2, -0.15) is 5.26 Å². The van der Waals surface area contributed by atoms with Gasteiger partial charge in [-0.05, 0) is 67.1 Å². The predicted octanol–water partition coefficient (Wildman–Crippen LogP) is 6.77. The smallest absolute Gasteiger partial charge is 0.251 e. The third kappa shape index (κ3) is 11.5. The molecule has 3 atom stereocenters. The van der Waals surface area contributed by atoms with E-state index in [1.807, 2.05) is 52.0 Å². The van der Waals surface area contributed by atoms with Gasteiger partial charge in [-0.3, -0.25) is 19.2 Å². The lowest BCUT2D eigenvalue weighted by molar-refractivity contribution is -0.164. The van der Waals surface area contributed by atoms with Gasteiger partial charge in [-0.15, -0.1) is 0 Å². The van der Waals surface area contributed by atoms with Crippen LogP contribution in [-0.2, 0) is 25.7 Å². The molecular weight excluding hydrogens is 864 g/mol. The molecule has 1 aliphatic carbocycles. The highest BCUT2D eigenvalue weighted by Gasteiger charge is 2.64. The van der Waals surface area contributed by atoms with Crippen LogP contribution in [0, 0.1) is 34.5 Å². The summed E-state index contributed by atoms with van der Waals surface area (Å²) in [6.45, 7) is 16.1. The highest BCUT2D eigenvalue weighted by atomic mass is 35.5. The van der Waals surface area contributed by atoms with Crippen LogP contribution in [0.3, 0.4) is 0 Å². The Bertz CT molecular complexity index is 2390. The summed E-state index contributed by atoms with van der Waals surface area (Å²) >= 11 is 6.23. The first-order valence-corrected chi connectivity index (χ1v) is 22.6. The zero-order valence-corrected chi connectivity index (χ0v) is 39.7. The average Bonchev–Trinajstić information content (AvgIpc) is 3.89. The molecule has 3 aromatic carbocycles. The van der Waals surface area contributed by atoms with Gasteiger partial charge in [0.05, 0.1) is 29.0 Å². The van der Waals surface area contributed by atoms with Crippen LogP contribution in [0.2, 0.25) is 5.02 Å². The number of oxazole rings is 1. The van der Waals surface area contributed by atoms with Crippen molar-refractivity contribution < 1.29 is 42.9 Å². The molecule has 2 heterocycles. The second-order valence-corrected chi connectivity index (χ2v) is 19.8. The fourth-order valence-corrected chi connectivity index (χ4v) is 9.37. The third-order valence-electron chi connectivity index (χ3n) is 12.4. The number of unbranched alkanes of at least 4 members (excludes halogenated alkanes) is 1. The molecule has 1 saturated heterocycles. The van der Waals surface area contributed by atoms with E-state index in [4.69, 9.17) is 30.2 Å². The number of hydrogen-bond donors (Lipinski definition) is 4. The van der Waals surface area contributed by atoms with Crippen LogP contribution in [0.4, 0.5) is 0 Å². The van der Waals surface area contributed by atoms with E-state index in [1.165, 1.54) is 11.3 Å². The number of nitrogens with one attached hydrogen (secondary N) is 3. The molecule has 0 spiro atoms. The molecule has 4 N–H and O–H groups in total. The summed E-state index contributed by atoms with van der Waals surface area (Å²) in [4.78, 5) is 59.3. The van der Waals surface area contributed by atoms with Crippen molar-refractivity contribution in [1.82, 2.24) is 25.8 Å². The van der Waals surface area contributed by atoms with Crippen molar-refractivity contribution in [3.05, 3.63) is 101 Å². The molecule has 1 aromatic heterocycles. The number of aliphatic hydroxyl groups is 1. The van der Waals surface area contributed by atoms with Gasteiger partial charge in [0.15, 0.2) is 12.2 Å². The van der Waals surface area contributed by atoms with Crippen LogP contribution in [0.5, 0.6) is 11.5 Å². The van der Waals surface area contributed by atoms with Gasteiger partial charge < -0.3 is 44.6 Å². The molecule has 4 amide bonds. The summed E-state index contributed by atoms with van der Waals surface area (Å²) in [5, 5.41) is 29.0. The number of aliphatic hydroxyl groups excluding tert-OH is 1. The number of likely N-dealkylation sites (tertiary alicyclic amines) is 1. The molecule has 0 bridgehead atoms. The minimum Gasteiger partial charge on any atom is -0.494 e. The normalized spacial score (nSPS) is 20.0. The number of rotatable bonds is 18. The molecule has 352 valence electrons. The van der Waals surface area contributed by atoms with Gasteiger partial charge in [0.2, 0.25) is 17.7 Å². The Morgan fingerprint density at radius 2 is 1.65 bits per heavy atom. The van der Waals surface area contributed by atoms with E-state index in [2.05, 4.69) is 54.7 Å². The number of benzene rings is 3. The van der Waals surface area contributed by atoms with Crippen molar-refractivity contribution >= 4 is 35.2 Å². The quantitative estimate of drug-likeness (QED) is 0.0767. The summed E-state index contributed by atoms with van der Waals surface area (Å²) < 4.78 is 23.3. The second kappa shape index (κ2) is 20.7. The zero-order valence-electron chi connectivity index (χ0n) is 38.9. The van der Waals surface area contributed by atoms with E-state index < -0.39 is 52.2 Å². The fourth-order valence-electron chi connectivity index (χ4n) is 9.16. The van der Waals surface area contributed by atoms with Gasteiger partial charge >= 0.3 is 0 Å². The van der Waals surface area contributed by atoms with Crippen molar-refractivity contribution in [2.75, 3.05) is 26.4 Å². The van der Waals surface area contributed by atoms with E-state index in [9.17, 15) is 29.5 Å². The van der Waals surface area contributed by atoms with Crippen LogP contribution in [0.15, 0.2) is 77.5 Å². The third-order valence-corrected chi connectivity index (χ3v) is 12.8. The molecule has 0 unspecified atom stereocenters. The Labute approximate surface area is 391 Å². The minimum absolute atomic E-state index is 0.0306. The number of aromatic nitrogens is 1. The van der Waals surface area contributed by atoms with E-state index in [0.717, 1.165) is 16.8 Å². The zero-order chi connectivity index (χ0) is 48.0. The first-order chi connectivity index (χ1) is 31.2. The number of β-amino-alcohol motifs (C(OH)–C–C–N with tert-alkyl or cyclic N) is 1. The standard InChI is InChI=1S/C50H61ClN6O9/c1-30-41(65-29-54-30)32-13-11-31(12-14-32)26-53-44(61)39-23-35(58)27-57(39)45(62)42(48(2,3)4)55-40(59)28-63-21-9-10-22-64-36-18-15-33(16-19-36)43(60)56-46-49(5,6)47(50(46,7)8)66-37-20-17-34(25-52)38(51)24-37/h11-20,24,29,35,39,42,46-47,58H,9-10,21-23,26-28H2,1-8H3,(H,53,61)(H,55,59)(H,56,60)/t35-,39+,42-,46-,47-/m1/s1. The summed E-state index contributed by atoms with van der Waals surface area (Å²) in [6, 6.07) is 19.5. The first kappa shape index (κ1) is 49.5. The number of carbonyl (C=O) groups excluding carboxylic acids is 4. The van der Waals surface area contributed by atoms with Gasteiger partial charge in [-0.1, -0.05) is 84.3 Å². The predicted molar refractivity (Wildman–Crippen MR) is 247 cm³/mol. The SMILES string of the molecule is Cc1ncoc1-c1ccc(CNC(=O)[C@@H]2C[C@@H](O)CN2C(=O)[C@@H](NC(=O)COCCCCOc2ccc(C(=O)N[C@H]3C(C)(C)[C@H](Oc4ccc(C#N)c(Cl)c4)C3(C)C)cc2)C(C)(C)C)cc1. The molecule has 16 heteroatoms. The molecule has 1 saturated carbocycles. The minimum atomic E-state index is -0.974. The molecule has 1 aliphatic heterocycles. The maximum atomic E-state index is 14.0. The summed E-state index contributed by atoms with van der Waals surface area (Å²) in [6.07, 6.45) is 1.62. The summed E-state index contributed by atoms with van der Waals surface area (Å²) in [7, 11) is 0. The van der Waals surface area contributed by atoms with E-state index in [-0.39, 0.29) is 50.8 Å². The van der Waals surface area contributed by atoms with Crippen LogP contribution >= 0.6 is 11.6 Å². The van der Waals surface area contributed by atoms with Crippen LogP contribution in [0.1, 0.15) is 94.9 Å². The highest BCUT2D eigenvalue weighted by molar-refractivity contribution is 6.31. The molecule has 4 aromatic rings. The number of halogens is 1. The number of nitrogens with zero attached hydrogens (tertiary/aromatic N) is 3. The molecule has 0 radical (unpaired) electrons. The van der Waals surface area contributed by atoms with Gasteiger partial charge in [0.25, 0.3) is 5.91 Å². The Morgan fingerprint density at radius 1 is 0.985 bits per heavy atom. The van der Waals surface area contributed by atoms with Crippen molar-refractivity contribution in [2.24, 2.45) is 16.2 Å². The maximum absolute atomic E-state index is 14.0. The van der Waals surface area contributed by atoms with Crippen LogP contribution < -0.4 is 25.4 Å². The van der Waals surface area contributed by atoms with Crippen molar-refractivity contribution in [3.8, 4) is 28.9 Å². The average molecular weight is 926 g/mol. The van der Waals surface area contributed by atoms with Gasteiger partial charge in [-0.25, -0.2) is 4.98 Å². The lowest BCUT2D eigenvalue weighted by Gasteiger charge is -2.63. The Morgan fingerprint density at radius 3 is 2.27 bits per heavy atom. The van der Waals surface area contributed by atoms with Crippen LogP contribution in [0.25, 0.3) is 11.3 Å². The number of aryl methyl sites for hydroxylation is 1. The largest absolute Gasteiger partial charge is 0.494 e. The lowest BCUT2D eigenvalue weighted by Crippen LogP contribution is -2.74. The van der Waals surface area contributed by atoms with Crippen molar-refractivity contribution in [3.63, 3.8) is 0 Å². The Kier molecular flexibility index (Phi) is 15.5. The van der Waals surface area contributed by atoms with Gasteiger partial charge in [0.1, 0.15) is 42.4 Å². The molecular formula is C50H61ClN6O9. The van der Waals surface area contributed by atoms with Crippen LogP contribution in [-0.4, -0.2) is 95.3 Å². The van der Waals surface area contributed by atoms with Crippen molar-refractivity contribution in [2.45, 2.75) is 112 Å². The summed E-state index contributed by atoms with van der Waals surface area (Å²) in [5.74, 6) is 0.322. The number of nitriles is 1. The topological polar surface area (TPSA) is 205 Å². The Balaban J connectivity index is 0.896. The highest BCUT2D eigenvalue weighted by Crippen LogP contribution is 2.55. The number of hydrogen-bond acceptors (Lipinski definition) is 11. The second-order valence-electron chi connectivity index (χ2n) is 19.4. The number of ether oxygens (including phenoxy) is 3. The maximum Gasteiger partial charge on any atom is 0.251 e. The molecule has 15 nitrogen and oxygen atoms in total. The van der Waals surface area contributed by atoms with E-state index >= 15 is 0 Å². The molecule has 2 fully saturated rings. The molecule has 6 rings (SSSR count). The van der Waals surface area contributed by atoms with Gasteiger partial charge in [0, 0.05) is 60.2 Å². The monoisotopic (exact) mass is 924 g/mol. The molecule has 66 heavy (non-hydrogen) atoms. The number of amides is 4. The Hall–Kier alpha value is -5.95. The number of carbonyl (C=O) groups is 4. The lowest BCUT2D eigenvalue weighted by atomic mass is 9.49. The van der Waals surface area contributed by atoms with E-state index in [0.29, 0.717) is 52.9 Å². The fraction of sp³-hybridized carbons (Fsp3) is 0.480. The first-order valence-electron chi connectivity index (χ1n) is 22.2. The van der Waals surface area contributed by atoms with Crippen molar-refractivity contribution in [1.29, 1.82) is 5.26 Å².